The summed E-state index contributed by atoms with van der Waals surface area (Å²) in [6.07, 6.45) is 5.51. The van der Waals surface area contributed by atoms with Crippen LogP contribution in [0, 0.1) is 11.8 Å². The Morgan fingerprint density at radius 2 is 2.10 bits per heavy atom. The van der Waals surface area contributed by atoms with Crippen molar-refractivity contribution in [1.29, 1.82) is 0 Å². The van der Waals surface area contributed by atoms with E-state index in [0.29, 0.717) is 10.8 Å². The lowest BCUT2D eigenvalue weighted by atomic mass is 9.96. The van der Waals surface area contributed by atoms with Crippen LogP contribution in [0.5, 0.6) is 0 Å². The fourth-order valence-corrected chi connectivity index (χ4v) is 6.03. The Bertz CT molecular complexity index is 656. The molecule has 5 heteroatoms. The van der Waals surface area contributed by atoms with Gasteiger partial charge in [0.1, 0.15) is 0 Å². The summed E-state index contributed by atoms with van der Waals surface area (Å²) in [6.45, 7) is 1.63. The van der Waals surface area contributed by atoms with E-state index in [1.165, 1.54) is 19.3 Å². The Labute approximate surface area is 126 Å². The maximum Gasteiger partial charge on any atom is 0.241 e. The third-order valence-electron chi connectivity index (χ3n) is 5.43. The molecule has 4 rings (SSSR count). The molecule has 4 nitrogen and oxygen atoms in total. The molecule has 1 heterocycles. The van der Waals surface area contributed by atoms with E-state index >= 15 is 0 Å². The Hall–Kier alpha value is -0.910. The predicted octanol–water partition coefficient (Wildman–Crippen LogP) is 1.80. The molecule has 1 aromatic carbocycles. The lowest BCUT2D eigenvalue weighted by Crippen LogP contribution is -2.39. The molecule has 114 valence electrons. The van der Waals surface area contributed by atoms with Gasteiger partial charge in [-0.05, 0) is 61.3 Å². The van der Waals surface area contributed by atoms with E-state index in [4.69, 9.17) is 0 Å². The number of nitrogens with one attached hydrogen (secondary N) is 2. The van der Waals surface area contributed by atoms with Crippen LogP contribution in [0.1, 0.15) is 36.8 Å². The second-order valence-corrected chi connectivity index (χ2v) is 8.41. The highest BCUT2D eigenvalue weighted by Crippen LogP contribution is 2.45. The van der Waals surface area contributed by atoms with Gasteiger partial charge in [0, 0.05) is 12.6 Å². The third kappa shape index (κ3) is 2.41. The zero-order chi connectivity index (χ0) is 14.4. The summed E-state index contributed by atoms with van der Waals surface area (Å²) in [5.74, 6) is 1.31. The molecule has 2 N–H and O–H groups in total. The second kappa shape index (κ2) is 5.07. The van der Waals surface area contributed by atoms with Crippen LogP contribution in [0.3, 0.4) is 0 Å². The van der Waals surface area contributed by atoms with Gasteiger partial charge in [0.15, 0.2) is 0 Å². The van der Waals surface area contributed by atoms with Crippen LogP contribution >= 0.6 is 0 Å². The molecule has 3 atom stereocenters. The predicted molar refractivity (Wildman–Crippen MR) is 81.4 cm³/mol. The molecule has 2 fully saturated rings. The summed E-state index contributed by atoms with van der Waals surface area (Å²) in [4.78, 5) is 0.504. The van der Waals surface area contributed by atoms with Gasteiger partial charge in [-0.25, -0.2) is 13.1 Å². The average Bonchev–Trinajstić information content (AvgIpc) is 3.08. The third-order valence-corrected chi connectivity index (χ3v) is 7.01. The molecule has 2 aliphatic carbocycles. The first kappa shape index (κ1) is 13.7. The zero-order valence-electron chi connectivity index (χ0n) is 12.1. The largest absolute Gasteiger partial charge is 0.312 e. The van der Waals surface area contributed by atoms with Crippen molar-refractivity contribution in [2.75, 3.05) is 6.54 Å². The van der Waals surface area contributed by atoms with Crippen LogP contribution in [-0.2, 0) is 23.0 Å². The highest BCUT2D eigenvalue weighted by atomic mass is 32.2. The molecule has 2 bridgehead atoms. The minimum atomic E-state index is -3.39. The Balaban J connectivity index is 1.63. The van der Waals surface area contributed by atoms with Gasteiger partial charge in [-0.1, -0.05) is 18.6 Å². The van der Waals surface area contributed by atoms with Gasteiger partial charge in [0.05, 0.1) is 4.90 Å². The van der Waals surface area contributed by atoms with Crippen LogP contribution in [0.15, 0.2) is 23.1 Å². The zero-order valence-corrected chi connectivity index (χ0v) is 13.0. The Kier molecular flexibility index (Phi) is 3.32. The molecule has 1 aliphatic heterocycles. The van der Waals surface area contributed by atoms with Gasteiger partial charge in [0.2, 0.25) is 10.0 Å². The van der Waals surface area contributed by atoms with E-state index < -0.39 is 10.0 Å². The maximum absolute atomic E-state index is 12.8. The monoisotopic (exact) mass is 306 g/mol. The number of hydrogen-bond donors (Lipinski definition) is 2. The molecule has 1 aromatic rings. The summed E-state index contributed by atoms with van der Waals surface area (Å²) >= 11 is 0. The SMILES string of the molecule is O=S(=O)(NC1CC2CCC1C2)c1cccc2c1CCNC2. The lowest BCUT2D eigenvalue weighted by molar-refractivity contribution is 0.390. The molecule has 0 amide bonds. The quantitative estimate of drug-likeness (QED) is 0.895. The first-order valence-corrected chi connectivity index (χ1v) is 9.45. The number of hydrogen-bond acceptors (Lipinski definition) is 3. The molecule has 0 spiro atoms. The van der Waals surface area contributed by atoms with Crippen LogP contribution in [0.2, 0.25) is 0 Å². The first-order valence-electron chi connectivity index (χ1n) is 7.97. The van der Waals surface area contributed by atoms with Gasteiger partial charge in [-0.3, -0.25) is 0 Å². The van der Waals surface area contributed by atoms with Crippen molar-refractivity contribution in [2.45, 2.75) is 49.6 Å². The van der Waals surface area contributed by atoms with Crippen LogP contribution in [0.4, 0.5) is 0 Å². The minimum Gasteiger partial charge on any atom is -0.312 e. The van der Waals surface area contributed by atoms with Crippen molar-refractivity contribution in [1.82, 2.24) is 10.0 Å². The highest BCUT2D eigenvalue weighted by molar-refractivity contribution is 7.89. The van der Waals surface area contributed by atoms with Crippen LogP contribution < -0.4 is 10.0 Å². The summed E-state index contributed by atoms with van der Waals surface area (Å²) in [6, 6.07) is 5.81. The topological polar surface area (TPSA) is 58.2 Å². The first-order chi connectivity index (χ1) is 10.1. The van der Waals surface area contributed by atoms with E-state index in [2.05, 4.69) is 10.0 Å². The Morgan fingerprint density at radius 3 is 2.86 bits per heavy atom. The summed E-state index contributed by atoms with van der Waals surface area (Å²) in [7, 11) is -3.39. The molecule has 0 aromatic heterocycles. The smallest absolute Gasteiger partial charge is 0.241 e. The average molecular weight is 306 g/mol. The van der Waals surface area contributed by atoms with Crippen molar-refractivity contribution in [3.05, 3.63) is 29.3 Å². The molecule has 3 aliphatic rings. The maximum atomic E-state index is 12.8. The van der Waals surface area contributed by atoms with Gasteiger partial charge in [0.25, 0.3) is 0 Å². The van der Waals surface area contributed by atoms with E-state index in [-0.39, 0.29) is 6.04 Å². The Morgan fingerprint density at radius 1 is 1.19 bits per heavy atom. The van der Waals surface area contributed by atoms with Gasteiger partial charge in [-0.15, -0.1) is 0 Å². The van der Waals surface area contributed by atoms with Gasteiger partial charge in [-0.2, -0.15) is 0 Å². The lowest BCUT2D eigenvalue weighted by Gasteiger charge is -2.25. The molecule has 0 saturated heterocycles. The number of sulfonamides is 1. The molecular weight excluding hydrogens is 284 g/mol. The summed E-state index contributed by atoms with van der Waals surface area (Å²) in [5.41, 5.74) is 2.13. The van der Waals surface area contributed by atoms with Crippen molar-refractivity contribution in [3.8, 4) is 0 Å². The fourth-order valence-electron chi connectivity index (χ4n) is 4.40. The van der Waals surface area contributed by atoms with Crippen molar-refractivity contribution in [3.63, 3.8) is 0 Å². The van der Waals surface area contributed by atoms with Gasteiger partial charge >= 0.3 is 0 Å². The van der Waals surface area contributed by atoms with Crippen LogP contribution in [0.25, 0.3) is 0 Å². The number of fused-ring (bicyclic) bond motifs is 3. The number of benzene rings is 1. The standard InChI is InChI=1S/C16H22N2O2S/c19-21(20,18-15-9-11-4-5-12(15)8-11)16-3-1-2-13-10-17-7-6-14(13)16/h1-3,11-12,15,17-18H,4-10H2. The van der Waals surface area contributed by atoms with Crippen molar-refractivity contribution in [2.24, 2.45) is 11.8 Å². The van der Waals surface area contributed by atoms with Crippen molar-refractivity contribution < 1.29 is 8.42 Å². The highest BCUT2D eigenvalue weighted by Gasteiger charge is 2.41. The van der Waals surface area contributed by atoms with E-state index in [1.807, 2.05) is 12.1 Å². The van der Waals surface area contributed by atoms with E-state index in [0.717, 1.165) is 43.0 Å². The van der Waals surface area contributed by atoms with E-state index in [1.54, 1.807) is 6.07 Å². The second-order valence-electron chi connectivity index (χ2n) is 6.72. The summed E-state index contributed by atoms with van der Waals surface area (Å²) < 4.78 is 28.6. The molecule has 2 saturated carbocycles. The minimum absolute atomic E-state index is 0.159. The normalized spacial score (nSPS) is 31.3. The molecule has 3 unspecified atom stereocenters. The van der Waals surface area contributed by atoms with Crippen LogP contribution in [-0.4, -0.2) is 21.0 Å². The summed E-state index contributed by atoms with van der Waals surface area (Å²) in [5, 5.41) is 3.30. The molecule has 0 radical (unpaired) electrons. The molecule has 21 heavy (non-hydrogen) atoms. The number of rotatable bonds is 3. The fraction of sp³-hybridized carbons (Fsp3) is 0.625. The van der Waals surface area contributed by atoms with Crippen molar-refractivity contribution >= 4 is 10.0 Å². The molecular formula is C16H22N2O2S. The van der Waals surface area contributed by atoms with Gasteiger partial charge < -0.3 is 5.32 Å². The van der Waals surface area contributed by atoms with E-state index in [9.17, 15) is 8.42 Å².